The highest BCUT2D eigenvalue weighted by Gasteiger charge is 2.05. The van der Waals surface area contributed by atoms with Crippen LogP contribution in [0.2, 0.25) is 0 Å². The largest absolute Gasteiger partial charge is 0.396 e. The van der Waals surface area contributed by atoms with Crippen LogP contribution in [0.4, 0.5) is 0 Å². The fourth-order valence-electron chi connectivity index (χ4n) is 2.11. The molecule has 0 atom stereocenters. The van der Waals surface area contributed by atoms with Gasteiger partial charge in [0.05, 0.1) is 11.0 Å². The lowest BCUT2D eigenvalue weighted by atomic mass is 10.3. The van der Waals surface area contributed by atoms with Crippen molar-refractivity contribution < 1.29 is 5.11 Å². The molecule has 0 aliphatic carbocycles. The highest BCUT2D eigenvalue weighted by molar-refractivity contribution is 5.74. The molecule has 0 unspecified atom stereocenters. The van der Waals surface area contributed by atoms with Gasteiger partial charge in [0.1, 0.15) is 5.82 Å². The first-order chi connectivity index (χ1) is 8.83. The molecule has 0 aliphatic heterocycles. The first-order valence-corrected chi connectivity index (χ1v) is 6.60. The van der Waals surface area contributed by atoms with Crippen molar-refractivity contribution in [2.45, 2.75) is 19.8 Å². The lowest BCUT2D eigenvalue weighted by Gasteiger charge is -2.18. The van der Waals surface area contributed by atoms with Gasteiger partial charge in [-0.05, 0) is 25.1 Å². The number of imidazole rings is 1. The summed E-state index contributed by atoms with van der Waals surface area (Å²) in [5.41, 5.74) is 2.14. The molecule has 1 aromatic carbocycles. The van der Waals surface area contributed by atoms with Crippen molar-refractivity contribution in [3.63, 3.8) is 0 Å². The number of aromatic nitrogens is 2. The molecule has 0 amide bonds. The van der Waals surface area contributed by atoms with Gasteiger partial charge in [0.25, 0.3) is 0 Å². The Morgan fingerprint density at radius 1 is 1.28 bits per heavy atom. The zero-order valence-corrected chi connectivity index (χ0v) is 10.9. The van der Waals surface area contributed by atoms with Crippen LogP contribution in [0.5, 0.6) is 0 Å². The van der Waals surface area contributed by atoms with Crippen LogP contribution in [-0.4, -0.2) is 46.2 Å². The Morgan fingerprint density at radius 2 is 2.11 bits per heavy atom. The Labute approximate surface area is 108 Å². The minimum atomic E-state index is 0.265. The van der Waals surface area contributed by atoms with Crippen molar-refractivity contribution in [2.75, 3.05) is 26.2 Å². The summed E-state index contributed by atoms with van der Waals surface area (Å²) in [7, 11) is 0. The van der Waals surface area contributed by atoms with E-state index in [0.29, 0.717) is 0 Å². The van der Waals surface area contributed by atoms with E-state index in [1.807, 2.05) is 18.2 Å². The van der Waals surface area contributed by atoms with Crippen LogP contribution in [0, 0.1) is 0 Å². The number of nitrogens with zero attached hydrogens (tertiary/aromatic N) is 2. The molecule has 0 bridgehead atoms. The van der Waals surface area contributed by atoms with E-state index in [-0.39, 0.29) is 6.61 Å². The van der Waals surface area contributed by atoms with Crippen molar-refractivity contribution in [3.05, 3.63) is 30.1 Å². The zero-order valence-electron chi connectivity index (χ0n) is 10.9. The molecule has 0 aliphatic rings. The van der Waals surface area contributed by atoms with Crippen LogP contribution in [0.15, 0.2) is 24.3 Å². The van der Waals surface area contributed by atoms with Gasteiger partial charge in [-0.2, -0.15) is 0 Å². The maximum absolute atomic E-state index is 8.85. The number of nitrogens with one attached hydrogen (secondary N) is 1. The lowest BCUT2D eigenvalue weighted by molar-refractivity contribution is 0.231. The normalized spacial score (nSPS) is 11.5. The number of hydrogen-bond acceptors (Lipinski definition) is 3. The standard InChI is InChI=1S/C14H21N3O/c1-2-17(9-5-11-18)10-8-14-15-12-6-3-4-7-13(12)16-14/h3-4,6-7,18H,2,5,8-11H2,1H3,(H,15,16). The maximum Gasteiger partial charge on any atom is 0.108 e. The maximum atomic E-state index is 8.85. The number of benzene rings is 1. The van der Waals surface area contributed by atoms with Gasteiger partial charge in [0.2, 0.25) is 0 Å². The highest BCUT2D eigenvalue weighted by atomic mass is 16.3. The number of H-pyrrole nitrogens is 1. The Bertz CT molecular complexity index is 448. The Balaban J connectivity index is 1.92. The van der Waals surface area contributed by atoms with Crippen LogP contribution in [0.3, 0.4) is 0 Å². The molecule has 98 valence electrons. The molecule has 0 fully saturated rings. The first kappa shape index (κ1) is 13.1. The molecular formula is C14H21N3O. The van der Waals surface area contributed by atoms with Gasteiger partial charge >= 0.3 is 0 Å². The number of fused-ring (bicyclic) bond motifs is 1. The minimum Gasteiger partial charge on any atom is -0.396 e. The molecule has 4 heteroatoms. The smallest absolute Gasteiger partial charge is 0.108 e. The SMILES string of the molecule is CCN(CCCO)CCc1nc2ccccc2[nH]1. The average molecular weight is 247 g/mol. The molecular weight excluding hydrogens is 226 g/mol. The van der Waals surface area contributed by atoms with E-state index in [2.05, 4.69) is 27.9 Å². The van der Waals surface area contributed by atoms with E-state index in [9.17, 15) is 0 Å². The number of aromatic amines is 1. The van der Waals surface area contributed by atoms with Gasteiger partial charge in [-0.15, -0.1) is 0 Å². The van der Waals surface area contributed by atoms with E-state index in [1.165, 1.54) is 0 Å². The third kappa shape index (κ3) is 3.31. The zero-order chi connectivity index (χ0) is 12.8. The van der Waals surface area contributed by atoms with E-state index >= 15 is 0 Å². The van der Waals surface area contributed by atoms with Crippen molar-refractivity contribution in [3.8, 4) is 0 Å². The van der Waals surface area contributed by atoms with Gasteiger partial charge in [-0.25, -0.2) is 4.98 Å². The predicted molar refractivity (Wildman–Crippen MR) is 73.6 cm³/mol. The Kier molecular flexibility index (Phi) is 4.73. The molecule has 0 saturated heterocycles. The number of aliphatic hydroxyl groups excluding tert-OH is 1. The van der Waals surface area contributed by atoms with Crippen LogP contribution in [-0.2, 0) is 6.42 Å². The van der Waals surface area contributed by atoms with E-state index in [0.717, 1.165) is 49.3 Å². The summed E-state index contributed by atoms with van der Waals surface area (Å²) >= 11 is 0. The molecule has 18 heavy (non-hydrogen) atoms. The summed E-state index contributed by atoms with van der Waals surface area (Å²) in [6, 6.07) is 8.10. The summed E-state index contributed by atoms with van der Waals surface area (Å²) in [6.45, 7) is 5.36. The summed E-state index contributed by atoms with van der Waals surface area (Å²) in [4.78, 5) is 10.2. The first-order valence-electron chi connectivity index (χ1n) is 6.60. The number of hydrogen-bond donors (Lipinski definition) is 2. The Morgan fingerprint density at radius 3 is 2.83 bits per heavy atom. The molecule has 2 aromatic rings. The van der Waals surface area contributed by atoms with Crippen LogP contribution < -0.4 is 0 Å². The highest BCUT2D eigenvalue weighted by Crippen LogP contribution is 2.10. The second-order valence-corrected chi connectivity index (χ2v) is 4.46. The molecule has 2 N–H and O–H groups in total. The summed E-state index contributed by atoms with van der Waals surface area (Å²) in [6.07, 6.45) is 1.77. The summed E-state index contributed by atoms with van der Waals surface area (Å²) in [5.74, 6) is 1.04. The van der Waals surface area contributed by atoms with Crippen molar-refractivity contribution in [2.24, 2.45) is 0 Å². The van der Waals surface area contributed by atoms with Crippen LogP contribution in [0.1, 0.15) is 19.2 Å². The van der Waals surface area contributed by atoms with Crippen molar-refractivity contribution in [1.29, 1.82) is 0 Å². The molecule has 1 heterocycles. The van der Waals surface area contributed by atoms with Gasteiger partial charge in [-0.1, -0.05) is 19.1 Å². The third-order valence-electron chi connectivity index (χ3n) is 3.18. The van der Waals surface area contributed by atoms with Crippen molar-refractivity contribution in [1.82, 2.24) is 14.9 Å². The second kappa shape index (κ2) is 6.52. The number of para-hydroxylation sites is 2. The fourth-order valence-corrected chi connectivity index (χ4v) is 2.11. The molecule has 0 radical (unpaired) electrons. The molecule has 0 spiro atoms. The van der Waals surface area contributed by atoms with E-state index < -0.39 is 0 Å². The number of rotatable bonds is 7. The quantitative estimate of drug-likeness (QED) is 0.784. The van der Waals surface area contributed by atoms with Crippen LogP contribution in [0.25, 0.3) is 11.0 Å². The monoisotopic (exact) mass is 247 g/mol. The lowest BCUT2D eigenvalue weighted by Crippen LogP contribution is -2.27. The third-order valence-corrected chi connectivity index (χ3v) is 3.18. The number of likely N-dealkylation sites (N-methyl/N-ethyl adjacent to an activating group) is 1. The Hall–Kier alpha value is -1.39. The molecule has 0 saturated carbocycles. The van der Waals surface area contributed by atoms with Gasteiger partial charge < -0.3 is 15.0 Å². The van der Waals surface area contributed by atoms with E-state index in [4.69, 9.17) is 5.11 Å². The summed E-state index contributed by atoms with van der Waals surface area (Å²) < 4.78 is 0. The number of aliphatic hydroxyl groups is 1. The fraction of sp³-hybridized carbons (Fsp3) is 0.500. The van der Waals surface area contributed by atoms with Crippen LogP contribution >= 0.6 is 0 Å². The van der Waals surface area contributed by atoms with E-state index in [1.54, 1.807) is 0 Å². The minimum absolute atomic E-state index is 0.265. The molecule has 1 aromatic heterocycles. The predicted octanol–water partition coefficient (Wildman–Crippen LogP) is 1.81. The topological polar surface area (TPSA) is 52.1 Å². The second-order valence-electron chi connectivity index (χ2n) is 4.46. The summed E-state index contributed by atoms with van der Waals surface area (Å²) in [5, 5.41) is 8.85. The van der Waals surface area contributed by atoms with Crippen molar-refractivity contribution >= 4 is 11.0 Å². The molecule has 4 nitrogen and oxygen atoms in total. The van der Waals surface area contributed by atoms with Gasteiger partial charge in [0.15, 0.2) is 0 Å². The van der Waals surface area contributed by atoms with Gasteiger partial charge in [0, 0.05) is 26.1 Å². The molecule has 2 rings (SSSR count). The van der Waals surface area contributed by atoms with Gasteiger partial charge in [-0.3, -0.25) is 0 Å². The average Bonchev–Trinajstić information content (AvgIpc) is 2.81.